The maximum atomic E-state index is 12.3. The van der Waals surface area contributed by atoms with E-state index in [-0.39, 0.29) is 12.4 Å². The number of aliphatic hydroxyl groups excluding tert-OH is 1. The molecule has 22 heavy (non-hydrogen) atoms. The third-order valence-corrected chi connectivity index (χ3v) is 5.34. The van der Waals surface area contributed by atoms with Crippen LogP contribution in [0.2, 0.25) is 0 Å². The van der Waals surface area contributed by atoms with E-state index >= 15 is 0 Å². The summed E-state index contributed by atoms with van der Waals surface area (Å²) in [5.41, 5.74) is 1.40. The zero-order valence-electron chi connectivity index (χ0n) is 12.6. The van der Waals surface area contributed by atoms with Gasteiger partial charge in [0, 0.05) is 27.6 Å². The molecule has 4 nitrogen and oxygen atoms in total. The molecule has 0 atom stereocenters. The number of piperidine rings is 1. The molecule has 0 radical (unpaired) electrons. The van der Waals surface area contributed by atoms with Gasteiger partial charge in [0.15, 0.2) is 5.78 Å². The average molecular weight is 434 g/mol. The summed E-state index contributed by atoms with van der Waals surface area (Å²) >= 11 is 6.79. The number of hydrogen-bond acceptors (Lipinski definition) is 4. The highest BCUT2D eigenvalue weighted by molar-refractivity contribution is 9.11. The highest BCUT2D eigenvalue weighted by Gasteiger charge is 2.14. The smallest absolute Gasteiger partial charge is 0.177 e. The standard InChI is InChI=1S/C16H22Br2N2O2/c17-14-9-13(15(18)8-12(14)11-21)16(22)10-19-4-7-20-5-2-1-3-6-20/h8-9,19,21H,1-7,10-11H2. The van der Waals surface area contributed by atoms with Gasteiger partial charge in [0.2, 0.25) is 0 Å². The van der Waals surface area contributed by atoms with Crippen LogP contribution in [0.5, 0.6) is 0 Å². The highest BCUT2D eigenvalue weighted by Crippen LogP contribution is 2.26. The van der Waals surface area contributed by atoms with Crippen molar-refractivity contribution >= 4 is 37.6 Å². The van der Waals surface area contributed by atoms with E-state index in [4.69, 9.17) is 0 Å². The number of hydrogen-bond donors (Lipinski definition) is 2. The Kier molecular flexibility index (Phi) is 7.50. The van der Waals surface area contributed by atoms with Crippen LogP contribution in [0.1, 0.15) is 35.2 Å². The molecule has 1 aliphatic heterocycles. The minimum Gasteiger partial charge on any atom is -0.392 e. The van der Waals surface area contributed by atoms with Crippen molar-refractivity contribution in [1.82, 2.24) is 10.2 Å². The predicted molar refractivity (Wildman–Crippen MR) is 95.3 cm³/mol. The summed E-state index contributed by atoms with van der Waals surface area (Å²) in [7, 11) is 0. The topological polar surface area (TPSA) is 52.6 Å². The number of halogens is 2. The molecular formula is C16H22Br2N2O2. The number of nitrogens with one attached hydrogen (secondary N) is 1. The van der Waals surface area contributed by atoms with Gasteiger partial charge in [0.1, 0.15) is 0 Å². The van der Waals surface area contributed by atoms with Crippen molar-refractivity contribution < 1.29 is 9.90 Å². The van der Waals surface area contributed by atoms with Gasteiger partial charge in [-0.1, -0.05) is 38.3 Å². The van der Waals surface area contributed by atoms with Crippen molar-refractivity contribution in [3.63, 3.8) is 0 Å². The second-order valence-electron chi connectivity index (χ2n) is 5.58. The van der Waals surface area contributed by atoms with Gasteiger partial charge in [0.25, 0.3) is 0 Å². The molecule has 2 rings (SSSR count). The van der Waals surface area contributed by atoms with Crippen LogP contribution >= 0.6 is 31.9 Å². The number of carbonyl (C=O) groups excluding carboxylic acids is 1. The van der Waals surface area contributed by atoms with E-state index in [1.54, 1.807) is 12.1 Å². The van der Waals surface area contributed by atoms with Gasteiger partial charge in [-0.05, 0) is 43.6 Å². The summed E-state index contributed by atoms with van der Waals surface area (Å²) in [5, 5.41) is 12.4. The van der Waals surface area contributed by atoms with Gasteiger partial charge < -0.3 is 15.3 Å². The molecule has 0 aliphatic carbocycles. The SMILES string of the molecule is O=C(CNCCN1CCCCC1)c1cc(Br)c(CO)cc1Br. The number of aliphatic hydroxyl groups is 1. The first-order chi connectivity index (χ1) is 10.6. The maximum Gasteiger partial charge on any atom is 0.177 e. The number of carbonyl (C=O) groups is 1. The lowest BCUT2D eigenvalue weighted by molar-refractivity contribution is 0.0988. The van der Waals surface area contributed by atoms with Crippen molar-refractivity contribution in [2.75, 3.05) is 32.7 Å². The third-order valence-electron chi connectivity index (χ3n) is 3.95. The molecule has 0 aromatic heterocycles. The van der Waals surface area contributed by atoms with Crippen LogP contribution in [0.15, 0.2) is 21.1 Å². The van der Waals surface area contributed by atoms with Crippen molar-refractivity contribution in [2.45, 2.75) is 25.9 Å². The molecule has 1 saturated heterocycles. The van der Waals surface area contributed by atoms with Gasteiger partial charge in [-0.15, -0.1) is 0 Å². The van der Waals surface area contributed by atoms with Gasteiger partial charge in [-0.3, -0.25) is 4.79 Å². The number of ketones is 1. The Morgan fingerprint density at radius 1 is 1.18 bits per heavy atom. The molecule has 122 valence electrons. The predicted octanol–water partition coefficient (Wildman–Crippen LogP) is 2.96. The van der Waals surface area contributed by atoms with Crippen molar-refractivity contribution in [3.05, 3.63) is 32.2 Å². The lowest BCUT2D eigenvalue weighted by Gasteiger charge is -2.26. The fraction of sp³-hybridized carbons (Fsp3) is 0.562. The minimum atomic E-state index is -0.0538. The Morgan fingerprint density at radius 2 is 1.91 bits per heavy atom. The van der Waals surface area contributed by atoms with Crippen LogP contribution in [0.4, 0.5) is 0 Å². The van der Waals surface area contributed by atoms with Gasteiger partial charge in [-0.25, -0.2) is 0 Å². The van der Waals surface area contributed by atoms with E-state index in [2.05, 4.69) is 42.1 Å². The van der Waals surface area contributed by atoms with E-state index in [0.717, 1.165) is 27.6 Å². The first-order valence-corrected chi connectivity index (χ1v) is 9.25. The molecule has 0 bridgehead atoms. The lowest BCUT2D eigenvalue weighted by atomic mass is 10.1. The number of nitrogens with zero attached hydrogens (tertiary/aromatic N) is 1. The zero-order valence-corrected chi connectivity index (χ0v) is 15.7. The monoisotopic (exact) mass is 432 g/mol. The summed E-state index contributed by atoms with van der Waals surface area (Å²) in [6, 6.07) is 3.55. The minimum absolute atomic E-state index is 0.0516. The molecule has 1 heterocycles. The molecule has 0 amide bonds. The van der Waals surface area contributed by atoms with E-state index in [9.17, 15) is 9.90 Å². The van der Waals surface area contributed by atoms with Crippen molar-refractivity contribution in [2.24, 2.45) is 0 Å². The van der Waals surface area contributed by atoms with Crippen LogP contribution in [0, 0.1) is 0 Å². The number of likely N-dealkylation sites (tertiary alicyclic amines) is 1. The first-order valence-electron chi connectivity index (χ1n) is 7.67. The fourth-order valence-corrected chi connectivity index (χ4v) is 3.72. The summed E-state index contributed by atoms with van der Waals surface area (Å²) < 4.78 is 1.48. The molecule has 0 saturated carbocycles. The normalized spacial score (nSPS) is 16.0. The Balaban J connectivity index is 1.80. The van der Waals surface area contributed by atoms with Crippen molar-refractivity contribution in [1.29, 1.82) is 0 Å². The van der Waals surface area contributed by atoms with E-state index in [1.807, 2.05) is 0 Å². The second kappa shape index (κ2) is 9.13. The molecule has 1 aliphatic rings. The second-order valence-corrected chi connectivity index (χ2v) is 7.29. The van der Waals surface area contributed by atoms with Crippen LogP contribution in [0.25, 0.3) is 0 Å². The van der Waals surface area contributed by atoms with E-state index < -0.39 is 0 Å². The van der Waals surface area contributed by atoms with Crippen LogP contribution < -0.4 is 5.32 Å². The average Bonchev–Trinajstić information content (AvgIpc) is 2.54. The molecule has 1 aromatic rings. The number of rotatable bonds is 7. The molecule has 1 aromatic carbocycles. The summed E-state index contributed by atoms with van der Waals surface area (Å²) in [6.45, 7) is 4.47. The van der Waals surface area contributed by atoms with Crippen LogP contribution in [-0.2, 0) is 6.61 Å². The highest BCUT2D eigenvalue weighted by atomic mass is 79.9. The molecule has 2 N–H and O–H groups in total. The van der Waals surface area contributed by atoms with Crippen molar-refractivity contribution in [3.8, 4) is 0 Å². The number of Topliss-reactive ketones (excluding diaryl/α,β-unsaturated/α-hetero) is 1. The number of benzene rings is 1. The Morgan fingerprint density at radius 3 is 2.59 bits per heavy atom. The molecule has 1 fully saturated rings. The Bertz CT molecular complexity index is 517. The van der Waals surface area contributed by atoms with Gasteiger partial charge >= 0.3 is 0 Å². The summed E-state index contributed by atoms with van der Waals surface area (Å²) in [6.07, 6.45) is 3.92. The molecular weight excluding hydrogens is 412 g/mol. The lowest BCUT2D eigenvalue weighted by Crippen LogP contribution is -2.37. The van der Waals surface area contributed by atoms with E-state index in [0.29, 0.717) is 12.1 Å². The van der Waals surface area contributed by atoms with Gasteiger partial charge in [0.05, 0.1) is 13.2 Å². The molecule has 0 unspecified atom stereocenters. The Labute approximate surface area is 148 Å². The Hall–Kier alpha value is -0.270. The first kappa shape index (κ1) is 18.1. The summed E-state index contributed by atoms with van der Waals surface area (Å²) in [5.74, 6) is 0.0516. The van der Waals surface area contributed by atoms with Gasteiger partial charge in [-0.2, -0.15) is 0 Å². The van der Waals surface area contributed by atoms with Crippen LogP contribution in [-0.4, -0.2) is 48.5 Å². The van der Waals surface area contributed by atoms with Crippen LogP contribution in [0.3, 0.4) is 0 Å². The fourth-order valence-electron chi connectivity index (χ4n) is 2.64. The largest absolute Gasteiger partial charge is 0.392 e. The van der Waals surface area contributed by atoms with E-state index in [1.165, 1.54) is 32.4 Å². The quantitative estimate of drug-likeness (QED) is 0.512. The third kappa shape index (κ3) is 5.13. The molecule has 6 heteroatoms. The maximum absolute atomic E-state index is 12.3. The summed E-state index contributed by atoms with van der Waals surface area (Å²) in [4.78, 5) is 14.7. The molecule has 0 spiro atoms. The zero-order chi connectivity index (χ0) is 15.9.